The van der Waals surface area contributed by atoms with Gasteiger partial charge in [-0.25, -0.2) is 0 Å². The van der Waals surface area contributed by atoms with E-state index >= 15 is 0 Å². The molecule has 2 aliphatic heterocycles. The van der Waals surface area contributed by atoms with Crippen LogP contribution in [0.1, 0.15) is 59.8 Å². The van der Waals surface area contributed by atoms with Crippen LogP contribution in [-0.4, -0.2) is 117 Å². The van der Waals surface area contributed by atoms with Crippen molar-refractivity contribution in [2.75, 3.05) is 6.54 Å². The van der Waals surface area contributed by atoms with Crippen molar-refractivity contribution in [2.24, 2.45) is 5.92 Å². The molecule has 240 valence electrons. The molecule has 2 heterocycles. The molecule has 2 aliphatic rings. The third-order valence-corrected chi connectivity index (χ3v) is 7.00. The summed E-state index contributed by atoms with van der Waals surface area (Å²) in [5.41, 5.74) is 0. The number of amides is 6. The number of fused-ring (bicyclic) bond motifs is 1. The molecule has 2 rings (SSSR count). The normalized spacial score (nSPS) is 28.8. The van der Waals surface area contributed by atoms with E-state index in [2.05, 4.69) is 26.6 Å². The highest BCUT2D eigenvalue weighted by Crippen LogP contribution is 2.20. The molecular formula is C26H40N6O11. The third kappa shape index (κ3) is 9.90. The number of nitrogens with one attached hydrogen (secondary N) is 5. The zero-order chi connectivity index (χ0) is 32.6. The average molecular weight is 613 g/mol. The molecule has 6 amide bonds. The molecule has 2 fully saturated rings. The molecule has 0 unspecified atom stereocenters. The molecule has 7 atom stereocenters. The van der Waals surface area contributed by atoms with Crippen LogP contribution in [0.4, 0.5) is 0 Å². The Morgan fingerprint density at radius 3 is 1.86 bits per heavy atom. The van der Waals surface area contributed by atoms with Gasteiger partial charge in [0.1, 0.15) is 36.3 Å². The highest BCUT2D eigenvalue weighted by molar-refractivity contribution is 5.99. The number of carboxylic acid groups (broad SMARTS) is 2. The molecule has 0 saturated carbocycles. The number of hydrogen-bond donors (Lipinski definition) is 8. The maximum Gasteiger partial charge on any atom is 0.305 e. The van der Waals surface area contributed by atoms with Crippen LogP contribution in [0.2, 0.25) is 0 Å². The molecule has 8 N–H and O–H groups in total. The number of aliphatic hydroxyl groups excluding tert-OH is 1. The van der Waals surface area contributed by atoms with Crippen LogP contribution < -0.4 is 26.6 Å². The minimum absolute atomic E-state index is 0.0492. The van der Waals surface area contributed by atoms with E-state index in [9.17, 15) is 53.7 Å². The van der Waals surface area contributed by atoms with Crippen molar-refractivity contribution in [3.05, 3.63) is 0 Å². The molecule has 0 aromatic carbocycles. The largest absolute Gasteiger partial charge is 0.481 e. The predicted octanol–water partition coefficient (Wildman–Crippen LogP) is -3.19. The van der Waals surface area contributed by atoms with Gasteiger partial charge in [-0.3, -0.25) is 38.4 Å². The van der Waals surface area contributed by atoms with Crippen molar-refractivity contribution in [3.63, 3.8) is 0 Å². The quantitative estimate of drug-likeness (QED) is 0.142. The molecule has 0 aromatic rings. The smallest absolute Gasteiger partial charge is 0.305 e. The molecule has 2 saturated heterocycles. The minimum Gasteiger partial charge on any atom is -0.481 e. The van der Waals surface area contributed by atoms with Crippen molar-refractivity contribution in [1.29, 1.82) is 0 Å². The Balaban J connectivity index is 2.56. The molecular weight excluding hydrogens is 572 g/mol. The minimum atomic E-state index is -1.80. The Hall–Kier alpha value is -4.28. The summed E-state index contributed by atoms with van der Waals surface area (Å²) in [7, 11) is 0. The number of rotatable bonds is 7. The first-order chi connectivity index (χ1) is 20.0. The zero-order valence-electron chi connectivity index (χ0n) is 24.4. The number of aliphatic hydroxyl groups is 1. The lowest BCUT2D eigenvalue weighted by Crippen LogP contribution is -2.62. The summed E-state index contributed by atoms with van der Waals surface area (Å²) < 4.78 is 0. The fraction of sp³-hybridized carbons (Fsp3) is 0.692. The van der Waals surface area contributed by atoms with Crippen LogP contribution in [0.5, 0.6) is 0 Å². The van der Waals surface area contributed by atoms with Gasteiger partial charge >= 0.3 is 11.9 Å². The van der Waals surface area contributed by atoms with E-state index in [4.69, 9.17) is 0 Å². The van der Waals surface area contributed by atoms with Crippen molar-refractivity contribution < 1.29 is 53.7 Å². The van der Waals surface area contributed by atoms with Crippen LogP contribution in [0.15, 0.2) is 0 Å². The van der Waals surface area contributed by atoms with E-state index in [0.29, 0.717) is 6.42 Å². The molecule has 0 radical (unpaired) electrons. The number of carbonyl (C=O) groups is 8. The Morgan fingerprint density at radius 1 is 0.767 bits per heavy atom. The van der Waals surface area contributed by atoms with Crippen LogP contribution >= 0.6 is 0 Å². The monoisotopic (exact) mass is 612 g/mol. The van der Waals surface area contributed by atoms with E-state index < -0.39 is 103 Å². The fourth-order valence-electron chi connectivity index (χ4n) is 4.83. The zero-order valence-corrected chi connectivity index (χ0v) is 24.4. The van der Waals surface area contributed by atoms with Gasteiger partial charge < -0.3 is 46.8 Å². The Labute approximate surface area is 247 Å². The number of carboxylic acids is 2. The first kappa shape index (κ1) is 34.9. The summed E-state index contributed by atoms with van der Waals surface area (Å²) in [5.74, 6) is -8.74. The second kappa shape index (κ2) is 15.3. The molecule has 0 aliphatic carbocycles. The lowest BCUT2D eigenvalue weighted by Gasteiger charge is -2.31. The van der Waals surface area contributed by atoms with E-state index in [1.165, 1.54) is 6.92 Å². The highest BCUT2D eigenvalue weighted by atomic mass is 16.4. The van der Waals surface area contributed by atoms with Crippen molar-refractivity contribution in [1.82, 2.24) is 31.5 Å². The third-order valence-electron chi connectivity index (χ3n) is 7.00. The summed E-state index contributed by atoms with van der Waals surface area (Å²) in [6.07, 6.45) is -2.81. The summed E-state index contributed by atoms with van der Waals surface area (Å²) in [6.45, 7) is 6.03. The Kier molecular flexibility index (Phi) is 12.4. The van der Waals surface area contributed by atoms with Gasteiger partial charge in [-0.15, -0.1) is 0 Å². The van der Waals surface area contributed by atoms with Crippen molar-refractivity contribution in [3.8, 4) is 0 Å². The summed E-state index contributed by atoms with van der Waals surface area (Å²) in [4.78, 5) is 103. The molecule has 17 heteroatoms. The van der Waals surface area contributed by atoms with E-state index in [1.54, 1.807) is 13.8 Å². The topological polar surface area (TPSA) is 261 Å². The predicted molar refractivity (Wildman–Crippen MR) is 146 cm³/mol. The molecule has 0 aromatic heterocycles. The first-order valence-corrected chi connectivity index (χ1v) is 14.0. The van der Waals surface area contributed by atoms with Crippen LogP contribution in [0, 0.1) is 5.92 Å². The standard InChI is InChI=1S/C26H40N6O11/c1-11(2)8-14-22(39)29-15(9-18(34)35)23(40)31-20(13(4)33)25(42)30-16(10-19(36)37)26(43)32-7-5-6-17(32)24(41)27-12(3)21(38)28-14/h11-17,20,33H,5-10H2,1-4H3,(H,27,41)(H,28,38)(H,29,39)(H,30,42)(H,31,40)(H,34,35)(H,36,37)/t12-,13-,14+,15-,16-,17-,20+/m1/s1. The SMILES string of the molecule is CC(C)C[C@@H]1NC(=O)[C@@H](C)NC(=O)[C@H]2CCCN2C(=O)[C@@H](CC(=O)O)NC(=O)[C@H]([C@@H](C)O)NC(=O)[C@@H](CC(=O)O)NC1=O. The molecule has 0 bridgehead atoms. The number of aliphatic carboxylic acids is 2. The molecule has 17 nitrogen and oxygen atoms in total. The van der Waals surface area contributed by atoms with Crippen LogP contribution in [-0.2, 0) is 38.4 Å². The van der Waals surface area contributed by atoms with Gasteiger partial charge in [0.15, 0.2) is 0 Å². The van der Waals surface area contributed by atoms with Crippen LogP contribution in [0.3, 0.4) is 0 Å². The van der Waals surface area contributed by atoms with Crippen molar-refractivity contribution >= 4 is 47.4 Å². The average Bonchev–Trinajstić information content (AvgIpc) is 3.38. The number of carbonyl (C=O) groups excluding carboxylic acids is 6. The van der Waals surface area contributed by atoms with E-state index in [1.807, 2.05) is 0 Å². The lowest BCUT2D eigenvalue weighted by molar-refractivity contribution is -0.147. The van der Waals surface area contributed by atoms with E-state index in [0.717, 1.165) is 11.8 Å². The number of hydrogen-bond acceptors (Lipinski definition) is 9. The maximum atomic E-state index is 13.4. The maximum absolute atomic E-state index is 13.4. The van der Waals surface area contributed by atoms with Gasteiger partial charge in [-0.1, -0.05) is 13.8 Å². The Bertz CT molecular complexity index is 1130. The Morgan fingerprint density at radius 2 is 1.30 bits per heavy atom. The first-order valence-electron chi connectivity index (χ1n) is 14.0. The van der Waals surface area contributed by atoms with Crippen LogP contribution in [0.25, 0.3) is 0 Å². The summed E-state index contributed by atoms with van der Waals surface area (Å²) in [6, 6.07) is -8.79. The summed E-state index contributed by atoms with van der Waals surface area (Å²) in [5, 5.41) is 40.6. The number of nitrogens with zero attached hydrogens (tertiary/aromatic N) is 1. The molecule has 43 heavy (non-hydrogen) atoms. The van der Waals surface area contributed by atoms with Gasteiger partial charge in [0.25, 0.3) is 0 Å². The molecule has 0 spiro atoms. The van der Waals surface area contributed by atoms with Crippen molar-refractivity contribution in [2.45, 2.75) is 102 Å². The van der Waals surface area contributed by atoms with Gasteiger partial charge in [0.05, 0.1) is 18.9 Å². The fourth-order valence-corrected chi connectivity index (χ4v) is 4.83. The van der Waals surface area contributed by atoms with Gasteiger partial charge in [0, 0.05) is 6.54 Å². The van der Waals surface area contributed by atoms with E-state index in [-0.39, 0.29) is 25.3 Å². The second-order valence-corrected chi connectivity index (χ2v) is 11.2. The second-order valence-electron chi connectivity index (χ2n) is 11.2. The highest BCUT2D eigenvalue weighted by Gasteiger charge is 2.41. The van der Waals surface area contributed by atoms with Gasteiger partial charge in [-0.05, 0) is 39.0 Å². The lowest BCUT2D eigenvalue weighted by atomic mass is 10.0. The van der Waals surface area contributed by atoms with Gasteiger partial charge in [-0.2, -0.15) is 0 Å². The van der Waals surface area contributed by atoms with Gasteiger partial charge in [0.2, 0.25) is 35.4 Å². The summed E-state index contributed by atoms with van der Waals surface area (Å²) >= 11 is 0.